The van der Waals surface area contributed by atoms with Crippen LogP contribution in [-0.4, -0.2) is 35.4 Å². The van der Waals surface area contributed by atoms with E-state index in [2.05, 4.69) is 24.5 Å². The van der Waals surface area contributed by atoms with Crippen molar-refractivity contribution in [1.29, 1.82) is 0 Å². The van der Waals surface area contributed by atoms with Gasteiger partial charge in [-0.25, -0.2) is 0 Å². The fraction of sp³-hybridized carbons (Fsp3) is 0.778. The highest BCUT2D eigenvalue weighted by atomic mass is 32.2. The molecule has 0 saturated carbocycles. The number of hydrogen-bond acceptors (Lipinski definition) is 4. The summed E-state index contributed by atoms with van der Waals surface area (Å²) in [5.41, 5.74) is 0. The molecule has 80 valence electrons. The van der Waals surface area contributed by atoms with Gasteiger partial charge in [0.2, 0.25) is 11.8 Å². The number of rotatable bonds is 4. The van der Waals surface area contributed by atoms with Gasteiger partial charge in [-0.2, -0.15) is 11.8 Å². The van der Waals surface area contributed by atoms with Gasteiger partial charge < -0.3 is 5.32 Å². The summed E-state index contributed by atoms with van der Waals surface area (Å²) in [5, 5.41) is 5.37. The molecule has 1 unspecified atom stereocenters. The van der Waals surface area contributed by atoms with E-state index in [0.29, 0.717) is 0 Å². The normalized spacial score (nSPS) is 22.6. The van der Waals surface area contributed by atoms with Crippen LogP contribution < -0.4 is 10.6 Å². The second-order valence-electron chi connectivity index (χ2n) is 4.01. The minimum atomic E-state index is -0.339. The molecule has 2 amide bonds. The van der Waals surface area contributed by atoms with Crippen LogP contribution in [0.3, 0.4) is 0 Å². The number of thioether (sulfide) groups is 1. The van der Waals surface area contributed by atoms with Gasteiger partial charge in [0, 0.05) is 11.3 Å². The first-order valence-corrected chi connectivity index (χ1v) is 5.79. The monoisotopic (exact) mass is 216 g/mol. The van der Waals surface area contributed by atoms with E-state index in [0.717, 1.165) is 6.54 Å². The number of imide groups is 1. The van der Waals surface area contributed by atoms with Crippen LogP contribution in [0.2, 0.25) is 0 Å². The summed E-state index contributed by atoms with van der Waals surface area (Å²) in [6.07, 6.45) is 2.30. The van der Waals surface area contributed by atoms with E-state index in [1.54, 1.807) is 11.8 Å². The zero-order chi connectivity index (χ0) is 10.8. The summed E-state index contributed by atoms with van der Waals surface area (Å²) < 4.78 is 0.0892. The molecule has 5 heteroatoms. The van der Waals surface area contributed by atoms with Gasteiger partial charge >= 0.3 is 0 Å². The van der Waals surface area contributed by atoms with Crippen LogP contribution in [0.15, 0.2) is 0 Å². The summed E-state index contributed by atoms with van der Waals surface area (Å²) >= 11 is 1.73. The van der Waals surface area contributed by atoms with Gasteiger partial charge in [-0.15, -0.1) is 0 Å². The van der Waals surface area contributed by atoms with Gasteiger partial charge in [-0.05, 0) is 20.1 Å². The van der Waals surface area contributed by atoms with Gasteiger partial charge in [0.25, 0.3) is 0 Å². The lowest BCUT2D eigenvalue weighted by molar-refractivity contribution is -0.125. The Kier molecular flexibility index (Phi) is 3.55. The second kappa shape index (κ2) is 4.31. The van der Waals surface area contributed by atoms with Crippen LogP contribution in [0.25, 0.3) is 0 Å². The van der Waals surface area contributed by atoms with Crippen molar-refractivity contribution in [1.82, 2.24) is 10.6 Å². The summed E-state index contributed by atoms with van der Waals surface area (Å²) in [6.45, 7) is 4.91. The summed E-state index contributed by atoms with van der Waals surface area (Å²) in [6, 6.07) is -0.339. The smallest absolute Gasteiger partial charge is 0.244 e. The van der Waals surface area contributed by atoms with Crippen molar-refractivity contribution < 1.29 is 9.59 Å². The Hall–Kier alpha value is -0.550. The summed E-state index contributed by atoms with van der Waals surface area (Å²) in [5.74, 6) is -0.388. The Morgan fingerprint density at radius 3 is 2.64 bits per heavy atom. The van der Waals surface area contributed by atoms with E-state index in [-0.39, 0.29) is 29.0 Å². The van der Waals surface area contributed by atoms with Crippen molar-refractivity contribution in [3.63, 3.8) is 0 Å². The van der Waals surface area contributed by atoms with Gasteiger partial charge in [0.1, 0.15) is 0 Å². The molecule has 14 heavy (non-hydrogen) atoms. The van der Waals surface area contributed by atoms with Crippen LogP contribution in [0.1, 0.15) is 20.3 Å². The molecule has 1 rings (SSSR count). The Morgan fingerprint density at radius 1 is 1.57 bits per heavy atom. The largest absolute Gasteiger partial charge is 0.304 e. The Morgan fingerprint density at radius 2 is 2.21 bits per heavy atom. The molecule has 0 spiro atoms. The van der Waals surface area contributed by atoms with Crippen molar-refractivity contribution >= 4 is 23.6 Å². The molecule has 1 atom stereocenters. The van der Waals surface area contributed by atoms with Crippen LogP contribution in [0, 0.1) is 0 Å². The second-order valence-corrected chi connectivity index (χ2v) is 5.53. The van der Waals surface area contributed by atoms with Gasteiger partial charge in [-0.3, -0.25) is 14.9 Å². The third kappa shape index (κ3) is 2.99. The summed E-state index contributed by atoms with van der Waals surface area (Å²) in [4.78, 5) is 22.1. The highest BCUT2D eigenvalue weighted by Gasteiger charge is 2.31. The first-order valence-electron chi connectivity index (χ1n) is 4.57. The third-order valence-electron chi connectivity index (χ3n) is 2.30. The molecule has 1 aliphatic rings. The predicted molar refractivity (Wildman–Crippen MR) is 57.2 cm³/mol. The first kappa shape index (κ1) is 11.5. The molecule has 1 heterocycles. The maximum Gasteiger partial charge on any atom is 0.244 e. The van der Waals surface area contributed by atoms with Crippen LogP contribution in [-0.2, 0) is 9.59 Å². The number of carbonyl (C=O) groups excluding carboxylic acids is 2. The highest BCUT2D eigenvalue weighted by Crippen LogP contribution is 2.20. The maximum absolute atomic E-state index is 11.2. The number of hydrogen-bond donors (Lipinski definition) is 2. The standard InChI is InChI=1S/C9H16N2O2S/c1-9(2,14-3)5-10-6-4-7(12)11-8(6)13/h6,10H,4-5H2,1-3H3,(H,11,12,13). The van der Waals surface area contributed by atoms with E-state index >= 15 is 0 Å². The Balaban J connectivity index is 2.39. The third-order valence-corrected chi connectivity index (χ3v) is 3.54. The van der Waals surface area contributed by atoms with E-state index in [4.69, 9.17) is 0 Å². The first-order chi connectivity index (χ1) is 6.44. The number of amides is 2. The lowest BCUT2D eigenvalue weighted by atomic mass is 10.1. The minimum absolute atomic E-state index is 0.0892. The average Bonchev–Trinajstić information content (AvgIpc) is 2.42. The zero-order valence-electron chi connectivity index (χ0n) is 8.72. The molecule has 1 saturated heterocycles. The van der Waals surface area contributed by atoms with E-state index in [1.165, 1.54) is 0 Å². The molecule has 0 radical (unpaired) electrons. The fourth-order valence-electron chi connectivity index (χ4n) is 1.16. The number of carbonyl (C=O) groups is 2. The lowest BCUT2D eigenvalue weighted by Gasteiger charge is -2.23. The van der Waals surface area contributed by atoms with Gasteiger partial charge in [-0.1, -0.05) is 0 Å². The van der Waals surface area contributed by atoms with E-state index in [9.17, 15) is 9.59 Å². The fourth-order valence-corrected chi connectivity index (χ4v) is 1.39. The molecule has 1 fully saturated rings. The molecule has 1 aliphatic heterocycles. The van der Waals surface area contributed by atoms with Crippen LogP contribution in [0.5, 0.6) is 0 Å². The summed E-state index contributed by atoms with van der Waals surface area (Å²) in [7, 11) is 0. The van der Waals surface area contributed by atoms with Crippen molar-refractivity contribution in [2.75, 3.05) is 12.8 Å². The van der Waals surface area contributed by atoms with E-state index in [1.807, 2.05) is 6.26 Å². The molecule has 0 bridgehead atoms. The van der Waals surface area contributed by atoms with E-state index < -0.39 is 0 Å². The predicted octanol–water partition coefficient (Wildman–Crippen LogP) is 0.133. The average molecular weight is 216 g/mol. The van der Waals surface area contributed by atoms with Crippen LogP contribution >= 0.6 is 11.8 Å². The molecule has 2 N–H and O–H groups in total. The maximum atomic E-state index is 11.2. The zero-order valence-corrected chi connectivity index (χ0v) is 9.53. The SMILES string of the molecule is CSC(C)(C)CNC1CC(=O)NC1=O. The lowest BCUT2D eigenvalue weighted by Crippen LogP contribution is -2.42. The highest BCUT2D eigenvalue weighted by molar-refractivity contribution is 7.99. The van der Waals surface area contributed by atoms with Gasteiger partial charge in [0.15, 0.2) is 0 Å². The Labute approximate surface area is 88.2 Å². The van der Waals surface area contributed by atoms with Gasteiger partial charge in [0.05, 0.1) is 12.5 Å². The van der Waals surface area contributed by atoms with Crippen molar-refractivity contribution in [2.45, 2.75) is 31.1 Å². The Bertz CT molecular complexity index is 253. The number of nitrogens with one attached hydrogen (secondary N) is 2. The quantitative estimate of drug-likeness (QED) is 0.656. The molecule has 4 nitrogen and oxygen atoms in total. The van der Waals surface area contributed by atoms with Crippen LogP contribution in [0.4, 0.5) is 0 Å². The minimum Gasteiger partial charge on any atom is -0.304 e. The molecule has 0 aromatic rings. The molecule has 0 aromatic heterocycles. The molecular formula is C9H16N2O2S. The van der Waals surface area contributed by atoms with Crippen molar-refractivity contribution in [2.24, 2.45) is 0 Å². The topological polar surface area (TPSA) is 58.2 Å². The molecule has 0 aromatic carbocycles. The molecule has 0 aliphatic carbocycles. The molecular weight excluding hydrogens is 200 g/mol. The van der Waals surface area contributed by atoms with Crippen molar-refractivity contribution in [3.8, 4) is 0 Å². The van der Waals surface area contributed by atoms with Crippen molar-refractivity contribution in [3.05, 3.63) is 0 Å².